The third kappa shape index (κ3) is 8.00. The lowest BCUT2D eigenvalue weighted by Crippen LogP contribution is -2.41. The lowest BCUT2D eigenvalue weighted by atomic mass is 10.1. The zero-order valence-electron chi connectivity index (χ0n) is 18.3. The highest BCUT2D eigenvalue weighted by molar-refractivity contribution is 9.10. The summed E-state index contributed by atoms with van der Waals surface area (Å²) in [5.41, 5.74) is 0. The monoisotopic (exact) mass is 564 g/mol. The quantitative estimate of drug-likeness (QED) is 0.415. The van der Waals surface area contributed by atoms with Gasteiger partial charge in [0.15, 0.2) is 0 Å². The standard InChI is InChI=1S/C21H29BrN2O5S3/c1-3-29-21(30)31-18(9-12-20(26)23-13-5-4-6-14-23)15-24(16(2)25)32(27,28)19-10-7-17(22)8-11-19/h7-8,10-11,18H,3-6,9,12-15H2,1-2H3. The molecule has 1 aliphatic heterocycles. The number of amides is 2. The number of ether oxygens (including phenoxy) is 1. The molecular formula is C21H29BrN2O5S3. The summed E-state index contributed by atoms with van der Waals surface area (Å²) < 4.78 is 33.5. The van der Waals surface area contributed by atoms with Crippen molar-refractivity contribution in [2.24, 2.45) is 0 Å². The van der Waals surface area contributed by atoms with Gasteiger partial charge in [-0.25, -0.2) is 12.7 Å². The second-order valence-electron chi connectivity index (χ2n) is 7.41. The predicted molar refractivity (Wildman–Crippen MR) is 134 cm³/mol. The van der Waals surface area contributed by atoms with E-state index in [1.165, 1.54) is 30.8 Å². The van der Waals surface area contributed by atoms with Crippen molar-refractivity contribution < 1.29 is 22.7 Å². The molecule has 1 aromatic rings. The summed E-state index contributed by atoms with van der Waals surface area (Å²) in [6.07, 6.45) is 3.78. The van der Waals surface area contributed by atoms with Crippen LogP contribution >= 0.6 is 39.9 Å². The van der Waals surface area contributed by atoms with Gasteiger partial charge in [0.1, 0.15) is 0 Å². The molecule has 1 unspecified atom stereocenters. The molecule has 1 fully saturated rings. The maximum Gasteiger partial charge on any atom is 0.266 e. The molecule has 0 bridgehead atoms. The van der Waals surface area contributed by atoms with Gasteiger partial charge in [-0.15, -0.1) is 0 Å². The van der Waals surface area contributed by atoms with Crippen molar-refractivity contribution >= 4 is 66.1 Å². The summed E-state index contributed by atoms with van der Waals surface area (Å²) in [5.74, 6) is -0.550. The Morgan fingerprint density at radius 2 is 1.84 bits per heavy atom. The molecule has 0 saturated carbocycles. The molecule has 1 aliphatic rings. The summed E-state index contributed by atoms with van der Waals surface area (Å²) in [6.45, 7) is 4.83. The minimum absolute atomic E-state index is 0.0245. The van der Waals surface area contributed by atoms with Crippen molar-refractivity contribution in [2.75, 3.05) is 26.2 Å². The highest BCUT2D eigenvalue weighted by Gasteiger charge is 2.31. The van der Waals surface area contributed by atoms with Crippen LogP contribution in [0.15, 0.2) is 33.6 Å². The molecule has 11 heteroatoms. The van der Waals surface area contributed by atoms with Crippen molar-refractivity contribution in [3.05, 3.63) is 28.7 Å². The van der Waals surface area contributed by atoms with Crippen LogP contribution in [-0.2, 0) is 24.3 Å². The van der Waals surface area contributed by atoms with Crippen LogP contribution < -0.4 is 0 Å². The number of thioether (sulfide) groups is 1. The van der Waals surface area contributed by atoms with Gasteiger partial charge in [0.2, 0.25) is 16.2 Å². The maximum absolute atomic E-state index is 13.2. The van der Waals surface area contributed by atoms with Gasteiger partial charge in [0, 0.05) is 42.7 Å². The van der Waals surface area contributed by atoms with Crippen molar-refractivity contribution in [3.63, 3.8) is 0 Å². The summed E-state index contributed by atoms with van der Waals surface area (Å²) in [7, 11) is -4.05. The fraction of sp³-hybridized carbons (Fsp3) is 0.571. The molecule has 0 N–H and O–H groups in total. The van der Waals surface area contributed by atoms with E-state index >= 15 is 0 Å². The smallest absolute Gasteiger partial charge is 0.266 e. The lowest BCUT2D eigenvalue weighted by molar-refractivity contribution is -0.132. The highest BCUT2D eigenvalue weighted by Crippen LogP contribution is 2.26. The predicted octanol–water partition coefficient (Wildman–Crippen LogP) is 4.20. The number of carbonyl (C=O) groups is 2. The summed E-state index contributed by atoms with van der Waals surface area (Å²) in [4.78, 5) is 26.9. The minimum atomic E-state index is -4.05. The first-order valence-electron chi connectivity index (χ1n) is 10.5. The molecule has 32 heavy (non-hydrogen) atoms. The molecule has 0 radical (unpaired) electrons. The Balaban J connectivity index is 2.17. The SMILES string of the molecule is CCOC(=S)SC(CCC(=O)N1CCCCC1)CN(C(C)=O)S(=O)(=O)c1ccc(Br)cc1. The molecule has 0 aliphatic carbocycles. The molecule has 1 atom stereocenters. The fourth-order valence-electron chi connectivity index (χ4n) is 3.38. The van der Waals surface area contributed by atoms with Gasteiger partial charge in [-0.05, 0) is 69.1 Å². The van der Waals surface area contributed by atoms with Crippen molar-refractivity contribution in [2.45, 2.75) is 56.1 Å². The van der Waals surface area contributed by atoms with Gasteiger partial charge in [0.05, 0.1) is 11.5 Å². The molecule has 178 valence electrons. The molecule has 2 amide bonds. The van der Waals surface area contributed by atoms with Gasteiger partial charge >= 0.3 is 0 Å². The average molecular weight is 566 g/mol. The number of halogens is 1. The van der Waals surface area contributed by atoms with Crippen LogP contribution in [0.2, 0.25) is 0 Å². The van der Waals surface area contributed by atoms with E-state index in [9.17, 15) is 18.0 Å². The topological polar surface area (TPSA) is 84.0 Å². The Morgan fingerprint density at radius 3 is 2.41 bits per heavy atom. The Labute approximate surface area is 208 Å². The first-order valence-corrected chi connectivity index (χ1v) is 14.1. The van der Waals surface area contributed by atoms with Crippen LogP contribution in [-0.4, -0.2) is 65.3 Å². The van der Waals surface area contributed by atoms with Crippen LogP contribution in [0.5, 0.6) is 0 Å². The third-order valence-corrected chi connectivity index (χ3v) is 8.85. The number of piperidine rings is 1. The number of hydrogen-bond acceptors (Lipinski definition) is 7. The maximum atomic E-state index is 13.2. The van der Waals surface area contributed by atoms with Gasteiger partial charge in [0.25, 0.3) is 10.0 Å². The average Bonchev–Trinajstić information content (AvgIpc) is 2.76. The van der Waals surface area contributed by atoms with Crippen LogP contribution in [0.4, 0.5) is 0 Å². The second-order valence-corrected chi connectivity index (χ2v) is 12.1. The molecule has 1 aromatic carbocycles. The van der Waals surface area contributed by atoms with Crippen LogP contribution in [0.1, 0.15) is 46.0 Å². The number of carbonyl (C=O) groups excluding carboxylic acids is 2. The Kier molecular flexibility index (Phi) is 10.9. The van der Waals surface area contributed by atoms with Crippen molar-refractivity contribution in [1.82, 2.24) is 9.21 Å². The van der Waals surface area contributed by atoms with Crippen LogP contribution in [0.3, 0.4) is 0 Å². The molecule has 0 aromatic heterocycles. The Morgan fingerprint density at radius 1 is 1.22 bits per heavy atom. The normalized spacial score (nSPS) is 15.2. The molecule has 1 saturated heterocycles. The fourth-order valence-corrected chi connectivity index (χ4v) is 6.63. The van der Waals surface area contributed by atoms with Crippen molar-refractivity contribution in [3.8, 4) is 0 Å². The molecule has 0 spiro atoms. The van der Waals surface area contributed by atoms with E-state index in [0.29, 0.717) is 13.0 Å². The first kappa shape index (κ1) is 27.1. The van der Waals surface area contributed by atoms with E-state index in [-0.39, 0.29) is 28.2 Å². The highest BCUT2D eigenvalue weighted by atomic mass is 79.9. The number of hydrogen-bond donors (Lipinski definition) is 0. The van der Waals surface area contributed by atoms with E-state index in [1.807, 2.05) is 11.8 Å². The molecule has 2 rings (SSSR count). The van der Waals surface area contributed by atoms with Gasteiger partial charge in [-0.1, -0.05) is 27.7 Å². The van der Waals surface area contributed by atoms with Gasteiger partial charge in [-0.2, -0.15) is 0 Å². The van der Waals surface area contributed by atoms with E-state index in [4.69, 9.17) is 17.0 Å². The van der Waals surface area contributed by atoms with E-state index in [0.717, 1.165) is 41.1 Å². The third-order valence-electron chi connectivity index (χ3n) is 5.04. The van der Waals surface area contributed by atoms with Crippen molar-refractivity contribution in [1.29, 1.82) is 0 Å². The largest absolute Gasteiger partial charge is 0.479 e. The first-order chi connectivity index (χ1) is 15.1. The van der Waals surface area contributed by atoms with E-state index < -0.39 is 21.2 Å². The lowest BCUT2D eigenvalue weighted by Gasteiger charge is -2.29. The molecule has 1 heterocycles. The zero-order chi connectivity index (χ0) is 23.7. The zero-order valence-corrected chi connectivity index (χ0v) is 22.3. The van der Waals surface area contributed by atoms with Crippen LogP contribution in [0.25, 0.3) is 0 Å². The molecule has 7 nitrogen and oxygen atoms in total. The minimum Gasteiger partial charge on any atom is -0.479 e. The van der Waals surface area contributed by atoms with E-state index in [1.54, 1.807) is 12.1 Å². The number of rotatable bonds is 9. The summed E-state index contributed by atoms with van der Waals surface area (Å²) in [6, 6.07) is 6.11. The number of likely N-dealkylation sites (tertiary alicyclic amines) is 1. The van der Waals surface area contributed by atoms with Crippen LogP contribution in [0, 0.1) is 0 Å². The van der Waals surface area contributed by atoms with E-state index in [2.05, 4.69) is 15.9 Å². The number of nitrogens with zero attached hydrogens (tertiary/aromatic N) is 2. The number of thiocarbonyl (C=S) groups is 1. The second kappa shape index (κ2) is 12.9. The summed E-state index contributed by atoms with van der Waals surface area (Å²) in [5, 5.41) is -0.406. The Hall–Kier alpha value is -1.17. The Bertz CT molecular complexity index is 903. The molecular weight excluding hydrogens is 536 g/mol. The van der Waals surface area contributed by atoms with Gasteiger partial charge in [-0.3, -0.25) is 9.59 Å². The number of sulfonamides is 1. The number of benzene rings is 1. The van der Waals surface area contributed by atoms with Gasteiger partial charge < -0.3 is 9.64 Å². The summed E-state index contributed by atoms with van der Waals surface area (Å²) >= 11 is 9.72.